The number of likely N-dealkylation sites (tertiary alicyclic amines) is 1. The van der Waals surface area contributed by atoms with Crippen molar-refractivity contribution in [3.8, 4) is 11.5 Å². The Morgan fingerprint density at radius 2 is 2.05 bits per heavy atom. The number of hydrogen-bond acceptors (Lipinski definition) is 4. The van der Waals surface area contributed by atoms with Crippen molar-refractivity contribution >= 4 is 11.6 Å². The number of hydrogen-bond donors (Lipinski definition) is 1. The number of nitrogens with one attached hydrogen (secondary N) is 1. The Hall–Kier alpha value is -1.75. The molecule has 1 aliphatic rings. The molecule has 2 rings (SSSR count). The van der Waals surface area contributed by atoms with Gasteiger partial charge in [-0.3, -0.25) is 4.79 Å². The van der Waals surface area contributed by atoms with E-state index in [-0.39, 0.29) is 11.8 Å². The van der Waals surface area contributed by atoms with E-state index in [4.69, 9.17) is 9.47 Å². The SMILES string of the molecule is COc1ccc(NC(=O)C2CCCN(C)C2)cc1OC. The largest absolute Gasteiger partial charge is 0.493 e. The van der Waals surface area contributed by atoms with Gasteiger partial charge in [-0.2, -0.15) is 0 Å². The molecule has 1 amide bonds. The zero-order valence-electron chi connectivity index (χ0n) is 12.3. The summed E-state index contributed by atoms with van der Waals surface area (Å²) in [6, 6.07) is 5.40. The molecule has 1 aliphatic heterocycles. The number of carbonyl (C=O) groups is 1. The second-order valence-electron chi connectivity index (χ2n) is 5.16. The van der Waals surface area contributed by atoms with Crippen LogP contribution in [-0.2, 0) is 4.79 Å². The Bertz CT molecular complexity index is 476. The van der Waals surface area contributed by atoms with Gasteiger partial charge in [0.15, 0.2) is 11.5 Å². The third kappa shape index (κ3) is 3.42. The van der Waals surface area contributed by atoms with Gasteiger partial charge in [0, 0.05) is 18.3 Å². The molecule has 1 heterocycles. The molecule has 0 saturated carbocycles. The van der Waals surface area contributed by atoms with Crippen LogP contribution in [0.3, 0.4) is 0 Å². The van der Waals surface area contributed by atoms with Gasteiger partial charge in [0.1, 0.15) is 0 Å². The molecule has 5 nitrogen and oxygen atoms in total. The molecule has 1 fully saturated rings. The lowest BCUT2D eigenvalue weighted by molar-refractivity contribution is -0.121. The van der Waals surface area contributed by atoms with Gasteiger partial charge in [0.25, 0.3) is 0 Å². The van der Waals surface area contributed by atoms with E-state index in [1.807, 2.05) is 6.07 Å². The molecule has 0 spiro atoms. The van der Waals surface area contributed by atoms with Gasteiger partial charge < -0.3 is 19.7 Å². The van der Waals surface area contributed by atoms with Crippen LogP contribution < -0.4 is 14.8 Å². The van der Waals surface area contributed by atoms with Crippen molar-refractivity contribution < 1.29 is 14.3 Å². The number of amides is 1. The van der Waals surface area contributed by atoms with Crippen molar-refractivity contribution in [2.24, 2.45) is 5.92 Å². The highest BCUT2D eigenvalue weighted by atomic mass is 16.5. The fraction of sp³-hybridized carbons (Fsp3) is 0.533. The number of anilines is 1. The van der Waals surface area contributed by atoms with Gasteiger partial charge in [-0.15, -0.1) is 0 Å². The summed E-state index contributed by atoms with van der Waals surface area (Å²) in [6.07, 6.45) is 2.02. The summed E-state index contributed by atoms with van der Waals surface area (Å²) in [5.74, 6) is 1.40. The minimum atomic E-state index is 0.0573. The average Bonchev–Trinajstić information content (AvgIpc) is 2.47. The number of carbonyl (C=O) groups excluding carboxylic acids is 1. The lowest BCUT2D eigenvalue weighted by Gasteiger charge is -2.28. The molecular formula is C15H22N2O3. The number of methoxy groups -OCH3 is 2. The third-order valence-electron chi connectivity index (χ3n) is 3.65. The first kappa shape index (κ1) is 14.7. The topological polar surface area (TPSA) is 50.8 Å². The summed E-state index contributed by atoms with van der Waals surface area (Å²) in [6.45, 7) is 1.89. The number of benzene rings is 1. The molecule has 1 unspecified atom stereocenters. The fourth-order valence-electron chi connectivity index (χ4n) is 2.54. The van der Waals surface area contributed by atoms with Crippen LogP contribution >= 0.6 is 0 Å². The molecule has 1 aromatic carbocycles. The van der Waals surface area contributed by atoms with Gasteiger partial charge in [0.2, 0.25) is 5.91 Å². The zero-order chi connectivity index (χ0) is 14.5. The predicted molar refractivity (Wildman–Crippen MR) is 78.4 cm³/mol. The van der Waals surface area contributed by atoms with Gasteiger partial charge in [-0.05, 0) is 38.6 Å². The van der Waals surface area contributed by atoms with E-state index < -0.39 is 0 Å². The molecular weight excluding hydrogens is 256 g/mol. The quantitative estimate of drug-likeness (QED) is 0.915. The standard InChI is InChI=1S/C15H22N2O3/c1-17-8-4-5-11(10-17)15(18)16-12-6-7-13(19-2)14(9-12)20-3/h6-7,9,11H,4-5,8,10H2,1-3H3,(H,16,18). The number of nitrogens with zero attached hydrogens (tertiary/aromatic N) is 1. The van der Waals surface area contributed by atoms with Crippen molar-refractivity contribution in [1.29, 1.82) is 0 Å². The summed E-state index contributed by atoms with van der Waals surface area (Å²) in [5, 5.41) is 2.96. The summed E-state index contributed by atoms with van der Waals surface area (Å²) >= 11 is 0. The van der Waals surface area contributed by atoms with E-state index in [2.05, 4.69) is 17.3 Å². The van der Waals surface area contributed by atoms with Crippen LogP contribution in [0.5, 0.6) is 11.5 Å². The Morgan fingerprint density at radius 1 is 1.30 bits per heavy atom. The van der Waals surface area contributed by atoms with Gasteiger partial charge in [-0.1, -0.05) is 0 Å². The molecule has 110 valence electrons. The molecule has 0 aliphatic carbocycles. The van der Waals surface area contributed by atoms with E-state index in [0.717, 1.165) is 31.6 Å². The first-order valence-electron chi connectivity index (χ1n) is 6.85. The average molecular weight is 278 g/mol. The first-order chi connectivity index (χ1) is 9.63. The Kier molecular flexibility index (Phi) is 4.84. The number of piperidine rings is 1. The van der Waals surface area contributed by atoms with Crippen molar-refractivity contribution in [2.75, 3.05) is 39.7 Å². The summed E-state index contributed by atoms with van der Waals surface area (Å²) in [4.78, 5) is 14.5. The Morgan fingerprint density at radius 3 is 2.70 bits per heavy atom. The van der Waals surface area contributed by atoms with E-state index in [1.54, 1.807) is 26.4 Å². The van der Waals surface area contributed by atoms with Crippen LogP contribution in [0.25, 0.3) is 0 Å². The summed E-state index contributed by atoms with van der Waals surface area (Å²) in [7, 11) is 5.23. The van der Waals surface area contributed by atoms with Gasteiger partial charge in [-0.25, -0.2) is 0 Å². The van der Waals surface area contributed by atoms with Crippen molar-refractivity contribution in [3.05, 3.63) is 18.2 Å². The molecule has 1 aromatic rings. The molecule has 0 aromatic heterocycles. The third-order valence-corrected chi connectivity index (χ3v) is 3.65. The van der Waals surface area contributed by atoms with Crippen molar-refractivity contribution in [2.45, 2.75) is 12.8 Å². The normalized spacial score (nSPS) is 19.4. The van der Waals surface area contributed by atoms with Crippen molar-refractivity contribution in [1.82, 2.24) is 4.90 Å². The van der Waals surface area contributed by atoms with Gasteiger partial charge >= 0.3 is 0 Å². The van der Waals surface area contributed by atoms with Crippen LogP contribution in [0.1, 0.15) is 12.8 Å². The molecule has 5 heteroatoms. The second-order valence-corrected chi connectivity index (χ2v) is 5.16. The van der Waals surface area contributed by atoms with Crippen LogP contribution in [0, 0.1) is 5.92 Å². The number of ether oxygens (including phenoxy) is 2. The van der Waals surface area contributed by atoms with E-state index in [1.165, 1.54) is 0 Å². The maximum Gasteiger partial charge on any atom is 0.228 e. The molecule has 1 atom stereocenters. The molecule has 1 saturated heterocycles. The highest BCUT2D eigenvalue weighted by Crippen LogP contribution is 2.30. The highest BCUT2D eigenvalue weighted by molar-refractivity contribution is 5.93. The zero-order valence-corrected chi connectivity index (χ0v) is 12.3. The Labute approximate surface area is 119 Å². The van der Waals surface area contributed by atoms with Gasteiger partial charge in [0.05, 0.1) is 20.1 Å². The van der Waals surface area contributed by atoms with Crippen LogP contribution in [0.2, 0.25) is 0 Å². The van der Waals surface area contributed by atoms with Crippen LogP contribution in [-0.4, -0.2) is 45.2 Å². The van der Waals surface area contributed by atoms with Crippen LogP contribution in [0.15, 0.2) is 18.2 Å². The maximum atomic E-state index is 12.3. The monoisotopic (exact) mass is 278 g/mol. The predicted octanol–water partition coefficient (Wildman–Crippen LogP) is 1.98. The van der Waals surface area contributed by atoms with Crippen molar-refractivity contribution in [3.63, 3.8) is 0 Å². The second kappa shape index (κ2) is 6.61. The highest BCUT2D eigenvalue weighted by Gasteiger charge is 2.24. The number of rotatable bonds is 4. The molecule has 0 radical (unpaired) electrons. The van der Waals surface area contributed by atoms with E-state index in [9.17, 15) is 4.79 Å². The summed E-state index contributed by atoms with van der Waals surface area (Å²) in [5.41, 5.74) is 0.737. The van der Waals surface area contributed by atoms with E-state index >= 15 is 0 Å². The lowest BCUT2D eigenvalue weighted by Crippen LogP contribution is -2.38. The molecule has 1 N–H and O–H groups in total. The van der Waals surface area contributed by atoms with E-state index in [0.29, 0.717) is 11.5 Å². The Balaban J connectivity index is 2.03. The molecule has 20 heavy (non-hydrogen) atoms. The first-order valence-corrected chi connectivity index (χ1v) is 6.85. The fourth-order valence-corrected chi connectivity index (χ4v) is 2.54. The smallest absolute Gasteiger partial charge is 0.228 e. The minimum Gasteiger partial charge on any atom is -0.493 e. The van der Waals surface area contributed by atoms with Crippen LogP contribution in [0.4, 0.5) is 5.69 Å². The summed E-state index contributed by atoms with van der Waals surface area (Å²) < 4.78 is 10.4. The maximum absolute atomic E-state index is 12.3. The lowest BCUT2D eigenvalue weighted by atomic mass is 9.97. The minimum absolute atomic E-state index is 0.0573. The molecule has 0 bridgehead atoms.